The zero-order valence-electron chi connectivity index (χ0n) is 26.9. The Labute approximate surface area is 256 Å². The summed E-state index contributed by atoms with van der Waals surface area (Å²) in [7, 11) is -4.76. The van der Waals surface area contributed by atoms with Gasteiger partial charge in [-0.25, -0.2) is 4.57 Å². The Morgan fingerprint density at radius 1 is 0.619 bits per heavy atom. The van der Waals surface area contributed by atoms with E-state index in [1.807, 2.05) is 0 Å². The molecule has 0 fully saturated rings. The fourth-order valence-corrected chi connectivity index (χ4v) is 5.07. The van der Waals surface area contributed by atoms with E-state index in [0.29, 0.717) is 12.8 Å². The third-order valence-corrected chi connectivity index (χ3v) is 7.77. The van der Waals surface area contributed by atoms with Gasteiger partial charge in [0.1, 0.15) is 13.2 Å². The van der Waals surface area contributed by atoms with Gasteiger partial charge in [0.05, 0.1) is 0 Å². The van der Waals surface area contributed by atoms with Gasteiger partial charge in [-0.2, -0.15) is 0 Å². The number of unbranched alkanes of at least 4 members (excludes halogenated alkanes) is 20. The summed E-state index contributed by atoms with van der Waals surface area (Å²) in [5, 5.41) is 0. The third kappa shape index (κ3) is 32.1. The van der Waals surface area contributed by atoms with Crippen molar-refractivity contribution in [3.8, 4) is 0 Å². The van der Waals surface area contributed by atoms with E-state index >= 15 is 0 Å². The van der Waals surface area contributed by atoms with Gasteiger partial charge in [-0.1, -0.05) is 142 Å². The Morgan fingerprint density at radius 3 is 1.45 bits per heavy atom. The van der Waals surface area contributed by atoms with Crippen LogP contribution >= 0.6 is 7.82 Å². The first-order valence-corrected chi connectivity index (χ1v) is 18.4. The quantitative estimate of drug-likeness (QED) is 0.0319. The molecule has 2 N–H and O–H groups in total. The molecule has 0 bridgehead atoms. The molecule has 0 rings (SSSR count). The number of carbonyl (C=O) groups excluding carboxylic acids is 2. The molecule has 9 nitrogen and oxygen atoms in total. The molecule has 0 aliphatic rings. The predicted molar refractivity (Wildman–Crippen MR) is 167 cm³/mol. The second kappa shape index (κ2) is 30.2. The molecule has 0 radical (unpaired) electrons. The van der Waals surface area contributed by atoms with Gasteiger partial charge in [0.25, 0.3) is 0 Å². The summed E-state index contributed by atoms with van der Waals surface area (Å²) >= 11 is 0. The summed E-state index contributed by atoms with van der Waals surface area (Å²) < 4.78 is 31.3. The molecule has 0 aromatic rings. The number of ether oxygens (including phenoxy) is 3. The minimum atomic E-state index is -4.76. The molecule has 0 aliphatic heterocycles. The average Bonchev–Trinajstić information content (AvgIpc) is 2.95. The second-order valence-corrected chi connectivity index (χ2v) is 12.7. The van der Waals surface area contributed by atoms with Gasteiger partial charge in [0.2, 0.25) is 6.29 Å². The molecule has 0 aromatic carbocycles. The van der Waals surface area contributed by atoms with E-state index in [1.54, 1.807) is 0 Å². The Morgan fingerprint density at radius 2 is 1.02 bits per heavy atom. The van der Waals surface area contributed by atoms with Gasteiger partial charge >= 0.3 is 13.8 Å². The normalized spacial score (nSPS) is 12.5. The van der Waals surface area contributed by atoms with Gasteiger partial charge in [-0.05, 0) is 12.8 Å². The van der Waals surface area contributed by atoms with Crippen molar-refractivity contribution in [3.63, 3.8) is 0 Å². The summed E-state index contributed by atoms with van der Waals surface area (Å²) in [4.78, 5) is 42.2. The first kappa shape index (κ1) is 41.2. The van der Waals surface area contributed by atoms with Crippen molar-refractivity contribution in [1.29, 1.82) is 0 Å². The summed E-state index contributed by atoms with van der Waals surface area (Å²) in [5.74, 6) is -0.566. The van der Waals surface area contributed by atoms with Crippen LogP contribution in [0.15, 0.2) is 0 Å². The Hall–Kier alpha value is -0.830. The molecule has 1 atom stereocenters. The van der Waals surface area contributed by atoms with Crippen LogP contribution in [0.3, 0.4) is 0 Å². The lowest BCUT2D eigenvalue weighted by atomic mass is 10.0. The predicted octanol–water partition coefficient (Wildman–Crippen LogP) is 8.93. The molecular weight excluding hydrogens is 559 g/mol. The van der Waals surface area contributed by atoms with Gasteiger partial charge in [-0.15, -0.1) is 0 Å². The highest BCUT2D eigenvalue weighted by Gasteiger charge is 2.22. The fourth-order valence-electron chi connectivity index (χ4n) is 4.75. The molecule has 0 aliphatic carbocycles. The van der Waals surface area contributed by atoms with Crippen molar-refractivity contribution in [3.05, 3.63) is 0 Å². The topological polar surface area (TPSA) is 129 Å². The van der Waals surface area contributed by atoms with Crippen molar-refractivity contribution in [2.45, 2.75) is 174 Å². The number of esters is 1. The molecule has 0 saturated carbocycles. The van der Waals surface area contributed by atoms with Crippen LogP contribution in [0.2, 0.25) is 0 Å². The summed E-state index contributed by atoms with van der Waals surface area (Å²) in [6.07, 6.45) is 25.5. The van der Waals surface area contributed by atoms with Crippen LogP contribution in [0.5, 0.6) is 0 Å². The van der Waals surface area contributed by atoms with E-state index < -0.39 is 26.7 Å². The average molecular weight is 623 g/mol. The highest BCUT2D eigenvalue weighted by atomic mass is 31.2. The molecule has 250 valence electrons. The number of ketones is 1. The minimum absolute atomic E-state index is 0.0361. The Bertz CT molecular complexity index is 668. The van der Waals surface area contributed by atoms with Gasteiger partial charge in [0, 0.05) is 12.8 Å². The maximum Gasteiger partial charge on any atom is 0.469 e. The van der Waals surface area contributed by atoms with E-state index in [1.165, 1.54) is 96.3 Å². The second-order valence-electron chi connectivity index (χ2n) is 11.4. The fraction of sp³-hybridized carbons (Fsp3) is 0.938. The van der Waals surface area contributed by atoms with Crippen molar-refractivity contribution in [2.24, 2.45) is 0 Å². The van der Waals surface area contributed by atoms with Gasteiger partial charge in [-0.3, -0.25) is 14.1 Å². The monoisotopic (exact) mass is 622 g/mol. The number of rotatable bonds is 33. The lowest BCUT2D eigenvalue weighted by molar-refractivity contribution is -0.210. The van der Waals surface area contributed by atoms with Gasteiger partial charge in [0.15, 0.2) is 12.6 Å². The lowest BCUT2D eigenvalue weighted by Crippen LogP contribution is -2.27. The van der Waals surface area contributed by atoms with Crippen molar-refractivity contribution in [1.82, 2.24) is 0 Å². The van der Waals surface area contributed by atoms with Crippen molar-refractivity contribution >= 4 is 19.6 Å². The molecule has 0 saturated heterocycles. The first-order chi connectivity index (χ1) is 20.3. The number of phosphoric ester groups is 1. The van der Waals surface area contributed by atoms with Crippen LogP contribution in [0.25, 0.3) is 0 Å². The van der Waals surface area contributed by atoms with Crippen LogP contribution in [-0.4, -0.2) is 47.8 Å². The standard InChI is InChI=1S/C32H63O9P/c1-3-5-7-9-11-13-15-17-19-21-23-25-30(33)27-38-29-39-32(28-40-42(35,36)37)41-31(34)26-24-22-20-18-16-14-12-10-8-6-4-2/h32H,3-29H2,1-2H3,(H2,35,36,37). The van der Waals surface area contributed by atoms with Crippen molar-refractivity contribution in [2.75, 3.05) is 20.0 Å². The third-order valence-electron chi connectivity index (χ3n) is 7.29. The first-order valence-electron chi connectivity index (χ1n) is 16.9. The maximum atomic E-state index is 12.2. The van der Waals surface area contributed by atoms with Crippen LogP contribution in [0, 0.1) is 0 Å². The maximum absolute atomic E-state index is 12.2. The molecule has 0 heterocycles. The van der Waals surface area contributed by atoms with Crippen LogP contribution < -0.4 is 0 Å². The zero-order chi connectivity index (χ0) is 31.2. The van der Waals surface area contributed by atoms with E-state index in [-0.39, 0.29) is 25.6 Å². The molecule has 42 heavy (non-hydrogen) atoms. The van der Waals surface area contributed by atoms with E-state index in [9.17, 15) is 14.2 Å². The molecule has 0 amide bonds. The largest absolute Gasteiger partial charge is 0.469 e. The van der Waals surface area contributed by atoms with E-state index in [2.05, 4.69) is 18.4 Å². The molecule has 0 spiro atoms. The van der Waals surface area contributed by atoms with Gasteiger partial charge < -0.3 is 24.0 Å². The Kier molecular flexibility index (Phi) is 29.6. The van der Waals surface area contributed by atoms with Crippen LogP contribution in [0.4, 0.5) is 0 Å². The highest BCUT2D eigenvalue weighted by molar-refractivity contribution is 7.46. The molecule has 1 unspecified atom stereocenters. The van der Waals surface area contributed by atoms with Crippen LogP contribution in [-0.2, 0) is 32.9 Å². The number of hydrogen-bond acceptors (Lipinski definition) is 7. The summed E-state index contributed by atoms with van der Waals surface area (Å²) in [5.41, 5.74) is 0. The van der Waals surface area contributed by atoms with Crippen molar-refractivity contribution < 1.29 is 42.7 Å². The molecule has 0 aromatic heterocycles. The SMILES string of the molecule is CCCCCCCCCCCCCC(=O)COCOC(COP(=O)(O)O)OC(=O)CCCCCCCCCCCCC. The van der Waals surface area contributed by atoms with Crippen LogP contribution in [0.1, 0.15) is 168 Å². The number of hydrogen-bond donors (Lipinski definition) is 2. The summed E-state index contributed by atoms with van der Waals surface area (Å²) in [6.45, 7) is 3.33. The highest BCUT2D eigenvalue weighted by Crippen LogP contribution is 2.36. The van der Waals surface area contributed by atoms with E-state index in [4.69, 9.17) is 24.0 Å². The molecule has 10 heteroatoms. The Balaban J connectivity index is 3.95. The number of Topliss-reactive ketones (excluding diaryl/α,β-unsaturated/α-hetero) is 1. The number of carbonyl (C=O) groups is 2. The van der Waals surface area contributed by atoms with E-state index in [0.717, 1.165) is 38.5 Å². The number of phosphoric acid groups is 1. The molecular formula is C32H63O9P. The lowest BCUT2D eigenvalue weighted by Gasteiger charge is -2.18. The minimum Gasteiger partial charge on any atom is -0.433 e. The zero-order valence-corrected chi connectivity index (χ0v) is 27.8. The smallest absolute Gasteiger partial charge is 0.433 e. The summed E-state index contributed by atoms with van der Waals surface area (Å²) in [6, 6.07) is 0.